The number of aryl methyl sites for hydroxylation is 1. The Bertz CT molecular complexity index is 1350. The summed E-state index contributed by atoms with van der Waals surface area (Å²) in [4.78, 5) is 12.8. The molecule has 9 nitrogen and oxygen atoms in total. The molecule has 10 heteroatoms. The molecule has 4 aromatic rings. The third-order valence-corrected chi connectivity index (χ3v) is 6.65. The number of nitrogens with one attached hydrogen (secondary N) is 1. The van der Waals surface area contributed by atoms with Crippen molar-refractivity contribution >= 4 is 27.3 Å². The van der Waals surface area contributed by atoms with E-state index in [0.29, 0.717) is 17.1 Å². The zero-order chi connectivity index (χ0) is 22.7. The lowest BCUT2D eigenvalue weighted by Crippen LogP contribution is -2.26. The van der Waals surface area contributed by atoms with Crippen molar-refractivity contribution in [2.45, 2.75) is 11.8 Å². The molecule has 32 heavy (non-hydrogen) atoms. The Labute approximate surface area is 185 Å². The Kier molecular flexibility index (Phi) is 5.69. The molecular weight excluding hydrogens is 428 g/mol. The maximum Gasteiger partial charge on any atom is 0.264 e. The molecule has 0 radical (unpaired) electrons. The number of aromatic nitrogens is 4. The Hall–Kier alpha value is -4.05. The molecule has 0 atom stereocenters. The van der Waals surface area contributed by atoms with Crippen LogP contribution in [0.1, 0.15) is 15.9 Å². The summed E-state index contributed by atoms with van der Waals surface area (Å²) in [6.45, 7) is 1.93. The normalized spacial score (nSPS) is 11.2. The minimum absolute atomic E-state index is 0.0238. The van der Waals surface area contributed by atoms with Gasteiger partial charge in [-0.2, -0.15) is 0 Å². The zero-order valence-corrected chi connectivity index (χ0v) is 18.2. The number of carbonyl (C=O) groups excluding carboxylic acids is 1. The molecule has 0 aliphatic heterocycles. The summed E-state index contributed by atoms with van der Waals surface area (Å²) in [5, 5.41) is 13.8. The van der Waals surface area contributed by atoms with Gasteiger partial charge in [0.2, 0.25) is 0 Å². The summed E-state index contributed by atoms with van der Waals surface area (Å²) in [6.07, 6.45) is 1.44. The second kappa shape index (κ2) is 8.60. The Morgan fingerprint density at radius 1 is 1.00 bits per heavy atom. The van der Waals surface area contributed by atoms with Gasteiger partial charge in [-0.05, 0) is 65.9 Å². The lowest BCUT2D eigenvalue weighted by molar-refractivity contribution is 0.102. The molecule has 0 saturated heterocycles. The number of benzene rings is 3. The minimum atomic E-state index is -3.84. The number of tetrazole rings is 1. The Morgan fingerprint density at radius 2 is 1.75 bits per heavy atom. The summed E-state index contributed by atoms with van der Waals surface area (Å²) < 4.78 is 28.9. The highest BCUT2D eigenvalue weighted by molar-refractivity contribution is 7.92. The van der Waals surface area contributed by atoms with E-state index in [9.17, 15) is 13.2 Å². The van der Waals surface area contributed by atoms with Crippen molar-refractivity contribution < 1.29 is 13.2 Å². The number of anilines is 2. The quantitative estimate of drug-likeness (QED) is 0.485. The fourth-order valence-electron chi connectivity index (χ4n) is 3.06. The highest BCUT2D eigenvalue weighted by Crippen LogP contribution is 2.23. The molecule has 0 saturated carbocycles. The van der Waals surface area contributed by atoms with E-state index in [2.05, 4.69) is 20.8 Å². The van der Waals surface area contributed by atoms with Crippen LogP contribution in [0.15, 0.2) is 84.0 Å². The van der Waals surface area contributed by atoms with Crippen LogP contribution >= 0.6 is 0 Å². The van der Waals surface area contributed by atoms with E-state index >= 15 is 0 Å². The van der Waals surface area contributed by atoms with Gasteiger partial charge in [0.05, 0.1) is 16.3 Å². The van der Waals surface area contributed by atoms with E-state index in [1.165, 1.54) is 34.5 Å². The maximum absolute atomic E-state index is 13.1. The lowest BCUT2D eigenvalue weighted by atomic mass is 10.2. The molecule has 4 rings (SSSR count). The first-order valence-electron chi connectivity index (χ1n) is 9.65. The van der Waals surface area contributed by atoms with Gasteiger partial charge in [-0.25, -0.2) is 13.1 Å². The molecule has 1 heterocycles. The van der Waals surface area contributed by atoms with E-state index in [1.807, 2.05) is 19.1 Å². The minimum Gasteiger partial charge on any atom is -0.322 e. The van der Waals surface area contributed by atoms with Gasteiger partial charge in [-0.15, -0.1) is 5.10 Å². The largest absolute Gasteiger partial charge is 0.322 e. The molecule has 3 aromatic carbocycles. The van der Waals surface area contributed by atoms with Crippen LogP contribution in [0.2, 0.25) is 0 Å². The van der Waals surface area contributed by atoms with Crippen LogP contribution in [0.3, 0.4) is 0 Å². The average molecular weight is 449 g/mol. The highest BCUT2D eigenvalue weighted by Gasteiger charge is 2.22. The van der Waals surface area contributed by atoms with Gasteiger partial charge in [0.15, 0.2) is 0 Å². The van der Waals surface area contributed by atoms with E-state index in [4.69, 9.17) is 0 Å². The topological polar surface area (TPSA) is 110 Å². The van der Waals surface area contributed by atoms with Gasteiger partial charge in [0.1, 0.15) is 6.33 Å². The van der Waals surface area contributed by atoms with Crippen molar-refractivity contribution in [2.24, 2.45) is 0 Å². The predicted molar refractivity (Wildman–Crippen MR) is 120 cm³/mol. The van der Waals surface area contributed by atoms with E-state index in [-0.39, 0.29) is 10.5 Å². The van der Waals surface area contributed by atoms with Crippen molar-refractivity contribution in [1.29, 1.82) is 0 Å². The first kappa shape index (κ1) is 21.2. The van der Waals surface area contributed by atoms with Crippen molar-refractivity contribution in [3.05, 3.63) is 90.3 Å². The molecule has 1 N–H and O–H groups in total. The maximum atomic E-state index is 13.1. The lowest BCUT2D eigenvalue weighted by Gasteiger charge is -2.20. The molecule has 0 unspecified atom stereocenters. The van der Waals surface area contributed by atoms with Crippen molar-refractivity contribution in [3.8, 4) is 5.69 Å². The van der Waals surface area contributed by atoms with Gasteiger partial charge >= 0.3 is 0 Å². The fourth-order valence-corrected chi connectivity index (χ4v) is 4.30. The number of sulfonamides is 1. The highest BCUT2D eigenvalue weighted by atomic mass is 32.2. The van der Waals surface area contributed by atoms with E-state index < -0.39 is 15.9 Å². The fraction of sp³-hybridized carbons (Fsp3) is 0.0909. The summed E-state index contributed by atoms with van der Waals surface area (Å²) in [5.41, 5.74) is 2.97. The molecule has 0 aliphatic rings. The van der Waals surface area contributed by atoms with Crippen LogP contribution in [0, 0.1) is 6.92 Å². The SMILES string of the molecule is Cc1ccc(N(C)S(=O)(=O)c2cccc(C(=O)Nc3cccc(-n4cnnn4)c3)c2)cc1. The number of hydrogen-bond donors (Lipinski definition) is 1. The third-order valence-electron chi connectivity index (χ3n) is 4.87. The molecule has 0 aliphatic carbocycles. The number of carbonyl (C=O) groups is 1. The Morgan fingerprint density at radius 3 is 2.47 bits per heavy atom. The number of nitrogens with zero attached hydrogens (tertiary/aromatic N) is 5. The van der Waals surface area contributed by atoms with Crippen LogP contribution < -0.4 is 9.62 Å². The standard InChI is InChI=1S/C22H20N6O3S/c1-16-9-11-19(12-10-16)27(2)32(30,31)21-8-3-5-17(13-21)22(29)24-18-6-4-7-20(14-18)28-15-23-25-26-28/h3-15H,1-2H3,(H,24,29). The summed E-state index contributed by atoms with van der Waals surface area (Å²) in [7, 11) is -2.36. The molecule has 1 aromatic heterocycles. The van der Waals surface area contributed by atoms with Crippen molar-refractivity contribution in [3.63, 3.8) is 0 Å². The monoisotopic (exact) mass is 448 g/mol. The van der Waals surface area contributed by atoms with Gasteiger partial charge in [0.25, 0.3) is 15.9 Å². The zero-order valence-electron chi connectivity index (χ0n) is 17.4. The van der Waals surface area contributed by atoms with Gasteiger partial charge in [-0.3, -0.25) is 9.10 Å². The summed E-state index contributed by atoms with van der Waals surface area (Å²) in [6, 6.07) is 20.1. The van der Waals surface area contributed by atoms with Gasteiger partial charge in [0, 0.05) is 18.3 Å². The van der Waals surface area contributed by atoms with Crippen LogP contribution in [0.4, 0.5) is 11.4 Å². The van der Waals surface area contributed by atoms with E-state index in [0.717, 1.165) is 5.56 Å². The molecule has 162 valence electrons. The van der Waals surface area contributed by atoms with Gasteiger partial charge < -0.3 is 5.32 Å². The average Bonchev–Trinajstić information content (AvgIpc) is 3.34. The van der Waals surface area contributed by atoms with Crippen molar-refractivity contribution in [2.75, 3.05) is 16.7 Å². The van der Waals surface area contributed by atoms with Crippen molar-refractivity contribution in [1.82, 2.24) is 20.2 Å². The first-order valence-corrected chi connectivity index (χ1v) is 11.1. The number of amides is 1. The molecule has 0 fully saturated rings. The second-order valence-electron chi connectivity index (χ2n) is 7.09. The van der Waals surface area contributed by atoms with E-state index in [1.54, 1.807) is 48.5 Å². The molecule has 0 spiro atoms. The smallest absolute Gasteiger partial charge is 0.264 e. The van der Waals surface area contributed by atoms with Crippen LogP contribution in [-0.4, -0.2) is 41.6 Å². The van der Waals surface area contributed by atoms with Crippen LogP contribution in [0.25, 0.3) is 5.69 Å². The van der Waals surface area contributed by atoms with Crippen LogP contribution in [0.5, 0.6) is 0 Å². The molecule has 0 bridgehead atoms. The number of hydrogen-bond acceptors (Lipinski definition) is 6. The predicted octanol–water partition coefficient (Wildman–Crippen LogP) is 3.05. The molecule has 1 amide bonds. The molecular formula is C22H20N6O3S. The van der Waals surface area contributed by atoms with Gasteiger partial charge in [-0.1, -0.05) is 29.8 Å². The Balaban J connectivity index is 1.57. The second-order valence-corrected chi connectivity index (χ2v) is 9.06. The third kappa shape index (κ3) is 4.35. The number of rotatable bonds is 6. The first-order chi connectivity index (χ1) is 15.3. The van der Waals surface area contributed by atoms with Crippen LogP contribution in [-0.2, 0) is 10.0 Å². The summed E-state index contributed by atoms with van der Waals surface area (Å²) >= 11 is 0. The summed E-state index contributed by atoms with van der Waals surface area (Å²) in [5.74, 6) is -0.436.